The first-order valence-corrected chi connectivity index (χ1v) is 7.66. The first kappa shape index (κ1) is 18.0. The Kier molecular flexibility index (Phi) is 5.83. The maximum absolute atomic E-state index is 5.35. The summed E-state index contributed by atoms with van der Waals surface area (Å²) in [4.78, 5) is 4.80. The maximum atomic E-state index is 5.35. The third kappa shape index (κ3) is 4.72. The molecule has 3 heteroatoms. The van der Waals surface area contributed by atoms with Crippen molar-refractivity contribution in [1.29, 1.82) is 0 Å². The summed E-state index contributed by atoms with van der Waals surface area (Å²) >= 11 is 0. The van der Waals surface area contributed by atoms with E-state index in [9.17, 15) is 0 Å². The van der Waals surface area contributed by atoms with E-state index in [1.54, 1.807) is 7.11 Å². The number of likely N-dealkylation sites (N-methyl/N-ethyl adjacent to an activating group) is 2. The molecule has 0 unspecified atom stereocenters. The first-order valence-electron chi connectivity index (χ1n) is 7.66. The molecule has 0 saturated carbocycles. The van der Waals surface area contributed by atoms with Gasteiger partial charge < -0.3 is 9.64 Å². The van der Waals surface area contributed by atoms with Crippen LogP contribution in [0.1, 0.15) is 40.2 Å². The lowest BCUT2D eigenvalue weighted by atomic mass is 9.92. The monoisotopic (exact) mass is 292 g/mol. The number of rotatable bonds is 6. The molecule has 21 heavy (non-hydrogen) atoms. The zero-order valence-electron chi connectivity index (χ0n) is 15.0. The lowest BCUT2D eigenvalue weighted by Crippen LogP contribution is -2.46. The maximum Gasteiger partial charge on any atom is 0.119 e. The van der Waals surface area contributed by atoms with Crippen LogP contribution in [0, 0.1) is 0 Å². The van der Waals surface area contributed by atoms with E-state index in [1.807, 2.05) is 6.07 Å². The molecular formula is C18H32N2O. The fraction of sp³-hybridized carbons (Fsp3) is 0.667. The van der Waals surface area contributed by atoms with Gasteiger partial charge in [-0.05, 0) is 66.4 Å². The second-order valence-corrected chi connectivity index (χ2v) is 7.30. The minimum Gasteiger partial charge on any atom is -0.497 e. The molecule has 0 atom stereocenters. The van der Waals surface area contributed by atoms with E-state index in [0.717, 1.165) is 18.8 Å². The smallest absolute Gasteiger partial charge is 0.119 e. The molecular weight excluding hydrogens is 260 g/mol. The summed E-state index contributed by atoms with van der Waals surface area (Å²) in [5, 5.41) is 0. The van der Waals surface area contributed by atoms with Crippen LogP contribution in [0.3, 0.4) is 0 Å². The predicted octanol–water partition coefficient (Wildman–Crippen LogP) is 3.59. The summed E-state index contributed by atoms with van der Waals surface area (Å²) < 4.78 is 5.35. The molecule has 0 radical (unpaired) electrons. The number of methoxy groups -OCH3 is 1. The van der Waals surface area contributed by atoms with Gasteiger partial charge in [-0.15, -0.1) is 0 Å². The van der Waals surface area contributed by atoms with Crippen LogP contribution in [0.15, 0.2) is 24.3 Å². The highest BCUT2D eigenvalue weighted by Crippen LogP contribution is 2.29. The molecule has 120 valence electrons. The lowest BCUT2D eigenvalue weighted by Gasteiger charge is -2.39. The Morgan fingerprint density at radius 2 is 1.52 bits per heavy atom. The van der Waals surface area contributed by atoms with Crippen LogP contribution in [0.5, 0.6) is 5.75 Å². The van der Waals surface area contributed by atoms with Gasteiger partial charge >= 0.3 is 0 Å². The van der Waals surface area contributed by atoms with Crippen molar-refractivity contribution in [3.8, 4) is 5.75 Å². The van der Waals surface area contributed by atoms with Crippen LogP contribution in [0.4, 0.5) is 0 Å². The molecule has 0 aliphatic rings. The Bertz CT molecular complexity index is 449. The van der Waals surface area contributed by atoms with Crippen molar-refractivity contribution < 1.29 is 4.74 Å². The van der Waals surface area contributed by atoms with Gasteiger partial charge in [-0.2, -0.15) is 0 Å². The average Bonchev–Trinajstić information content (AvgIpc) is 2.43. The average molecular weight is 292 g/mol. The van der Waals surface area contributed by atoms with Gasteiger partial charge in [-0.3, -0.25) is 4.90 Å². The van der Waals surface area contributed by atoms with Crippen molar-refractivity contribution in [1.82, 2.24) is 9.80 Å². The third-order valence-electron chi connectivity index (χ3n) is 4.65. The fourth-order valence-corrected chi connectivity index (χ4v) is 2.14. The van der Waals surface area contributed by atoms with Crippen molar-refractivity contribution in [3.63, 3.8) is 0 Å². The normalized spacial score (nSPS) is 13.0. The summed E-state index contributed by atoms with van der Waals surface area (Å²) in [6, 6.07) is 8.36. The molecule has 0 saturated heterocycles. The van der Waals surface area contributed by atoms with Crippen LogP contribution in [0.25, 0.3) is 0 Å². The van der Waals surface area contributed by atoms with Gasteiger partial charge in [0.15, 0.2) is 0 Å². The molecule has 0 spiro atoms. The zero-order valence-corrected chi connectivity index (χ0v) is 15.0. The summed E-state index contributed by atoms with van der Waals surface area (Å²) in [5.74, 6) is 0.917. The molecule has 3 nitrogen and oxygen atoms in total. The lowest BCUT2D eigenvalue weighted by molar-refractivity contribution is 0.106. The summed E-state index contributed by atoms with van der Waals surface area (Å²) in [6.07, 6.45) is 0. The van der Waals surface area contributed by atoms with Gasteiger partial charge in [0.2, 0.25) is 0 Å². The van der Waals surface area contributed by atoms with Crippen molar-refractivity contribution in [2.45, 2.75) is 45.7 Å². The van der Waals surface area contributed by atoms with Gasteiger partial charge in [0.25, 0.3) is 0 Å². The largest absolute Gasteiger partial charge is 0.497 e. The predicted molar refractivity (Wildman–Crippen MR) is 91.0 cm³/mol. The molecule has 0 aliphatic carbocycles. The highest BCUT2D eigenvalue weighted by molar-refractivity contribution is 5.32. The van der Waals surface area contributed by atoms with Crippen molar-refractivity contribution in [2.75, 3.05) is 34.3 Å². The minimum atomic E-state index is -0.0206. The van der Waals surface area contributed by atoms with Crippen molar-refractivity contribution in [2.24, 2.45) is 0 Å². The molecule has 0 aliphatic heterocycles. The van der Waals surface area contributed by atoms with Crippen LogP contribution in [-0.4, -0.2) is 49.6 Å². The highest BCUT2D eigenvalue weighted by Gasteiger charge is 2.27. The second-order valence-electron chi connectivity index (χ2n) is 7.30. The Morgan fingerprint density at radius 3 is 2.05 bits per heavy atom. The fourth-order valence-electron chi connectivity index (χ4n) is 2.14. The van der Waals surface area contributed by atoms with Crippen molar-refractivity contribution >= 4 is 0 Å². The number of nitrogens with zero attached hydrogens (tertiary/aromatic N) is 2. The number of ether oxygens (including phenoxy) is 1. The van der Waals surface area contributed by atoms with E-state index >= 15 is 0 Å². The van der Waals surface area contributed by atoms with Gasteiger partial charge in [-0.25, -0.2) is 0 Å². The molecule has 1 aromatic carbocycles. The van der Waals surface area contributed by atoms with Crippen LogP contribution >= 0.6 is 0 Å². The Hall–Kier alpha value is -1.06. The summed E-state index contributed by atoms with van der Waals surface area (Å²) in [6.45, 7) is 13.4. The standard InChI is InChI=1S/C18H32N2O/c1-17(2,3)19(6)12-13-20(7)18(4,5)15-10-9-11-16(14-15)21-8/h9-11,14H,12-13H2,1-8H3. The van der Waals surface area contributed by atoms with E-state index in [0.29, 0.717) is 0 Å². The van der Waals surface area contributed by atoms with Gasteiger partial charge in [0.05, 0.1) is 7.11 Å². The zero-order chi connectivity index (χ0) is 16.3. The van der Waals surface area contributed by atoms with Gasteiger partial charge in [-0.1, -0.05) is 12.1 Å². The molecule has 1 rings (SSSR count). The van der Waals surface area contributed by atoms with E-state index in [4.69, 9.17) is 4.74 Å². The molecule has 0 heterocycles. The second kappa shape index (κ2) is 6.80. The number of benzene rings is 1. The first-order chi connectivity index (χ1) is 9.59. The Labute approximate surface area is 130 Å². The van der Waals surface area contributed by atoms with Gasteiger partial charge in [0.1, 0.15) is 5.75 Å². The van der Waals surface area contributed by atoms with Crippen LogP contribution in [0.2, 0.25) is 0 Å². The summed E-state index contributed by atoms with van der Waals surface area (Å²) in [7, 11) is 6.09. The van der Waals surface area contributed by atoms with E-state index in [1.165, 1.54) is 5.56 Å². The SMILES string of the molecule is COc1cccc(C(C)(C)N(C)CCN(C)C(C)(C)C)c1. The van der Waals surface area contributed by atoms with Crippen molar-refractivity contribution in [3.05, 3.63) is 29.8 Å². The number of hydrogen-bond acceptors (Lipinski definition) is 3. The molecule has 0 amide bonds. The summed E-state index contributed by atoms with van der Waals surface area (Å²) in [5.41, 5.74) is 1.47. The quantitative estimate of drug-likeness (QED) is 0.797. The molecule has 0 N–H and O–H groups in total. The highest BCUT2D eigenvalue weighted by atomic mass is 16.5. The van der Waals surface area contributed by atoms with E-state index in [2.05, 4.69) is 76.7 Å². The minimum absolute atomic E-state index is 0.0206. The van der Waals surface area contributed by atoms with Crippen LogP contribution < -0.4 is 4.74 Å². The van der Waals surface area contributed by atoms with E-state index < -0.39 is 0 Å². The Morgan fingerprint density at radius 1 is 0.952 bits per heavy atom. The van der Waals surface area contributed by atoms with E-state index in [-0.39, 0.29) is 11.1 Å². The third-order valence-corrected chi connectivity index (χ3v) is 4.65. The molecule has 0 aromatic heterocycles. The topological polar surface area (TPSA) is 15.7 Å². The Balaban J connectivity index is 2.77. The van der Waals surface area contributed by atoms with Gasteiger partial charge in [0, 0.05) is 24.2 Å². The molecule has 0 bridgehead atoms. The van der Waals surface area contributed by atoms with Crippen LogP contribution in [-0.2, 0) is 5.54 Å². The number of hydrogen-bond donors (Lipinski definition) is 0. The molecule has 0 fully saturated rings. The molecule has 1 aromatic rings.